The van der Waals surface area contributed by atoms with E-state index in [2.05, 4.69) is 0 Å². The van der Waals surface area contributed by atoms with Gasteiger partial charge < -0.3 is 4.74 Å². The zero-order valence-electron chi connectivity index (χ0n) is 8.42. The second kappa shape index (κ2) is 4.07. The Bertz CT molecular complexity index is 466. The van der Waals surface area contributed by atoms with Crippen molar-refractivity contribution in [3.8, 4) is 0 Å². The Labute approximate surface area is 102 Å². The Balaban J connectivity index is 2.59. The number of cyclic esters (lactones) is 1. The van der Waals surface area contributed by atoms with Gasteiger partial charge in [0.1, 0.15) is 5.92 Å². The molecule has 1 aromatic carbocycles. The van der Waals surface area contributed by atoms with Crippen LogP contribution in [0.5, 0.6) is 0 Å². The van der Waals surface area contributed by atoms with E-state index in [9.17, 15) is 9.59 Å². The summed E-state index contributed by atoms with van der Waals surface area (Å²) in [7, 11) is 0. The summed E-state index contributed by atoms with van der Waals surface area (Å²) in [6, 6.07) is 3.21. The van der Waals surface area contributed by atoms with E-state index in [0.29, 0.717) is 21.2 Å². The molecule has 1 aromatic rings. The van der Waals surface area contributed by atoms with E-state index >= 15 is 0 Å². The average Bonchev–Trinajstić information content (AvgIpc) is 2.56. The van der Waals surface area contributed by atoms with Crippen molar-refractivity contribution in [1.29, 1.82) is 0 Å². The molecule has 0 aromatic heterocycles. The van der Waals surface area contributed by atoms with Crippen molar-refractivity contribution >= 4 is 35.0 Å². The van der Waals surface area contributed by atoms with Crippen molar-refractivity contribution in [3.63, 3.8) is 0 Å². The fourth-order valence-electron chi connectivity index (χ4n) is 1.74. The summed E-state index contributed by atoms with van der Waals surface area (Å²) in [5.41, 5.74) is 1.10. The number of hydrogen-bond acceptors (Lipinski definition) is 3. The van der Waals surface area contributed by atoms with Gasteiger partial charge in [-0.05, 0) is 30.2 Å². The van der Waals surface area contributed by atoms with E-state index in [4.69, 9.17) is 27.9 Å². The first-order valence-corrected chi connectivity index (χ1v) is 5.42. The Hall–Kier alpha value is -1.06. The summed E-state index contributed by atoms with van der Waals surface area (Å²) >= 11 is 11.9. The van der Waals surface area contributed by atoms with Crippen LogP contribution in [0.15, 0.2) is 12.1 Å². The van der Waals surface area contributed by atoms with Crippen molar-refractivity contribution in [2.24, 2.45) is 0 Å². The molecule has 1 aliphatic heterocycles. The third-order valence-electron chi connectivity index (χ3n) is 2.60. The quantitative estimate of drug-likeness (QED) is 0.575. The molecule has 0 N–H and O–H groups in total. The largest absolute Gasteiger partial charge is 0.457 e. The predicted molar refractivity (Wildman–Crippen MR) is 59.9 cm³/mol. The number of rotatable bonds is 1. The van der Waals surface area contributed by atoms with Crippen molar-refractivity contribution in [3.05, 3.63) is 33.3 Å². The zero-order chi connectivity index (χ0) is 11.9. The molecule has 1 heterocycles. The molecular formula is C11H8Cl2O3. The number of carbonyl (C=O) groups is 2. The van der Waals surface area contributed by atoms with Gasteiger partial charge in [-0.25, -0.2) is 0 Å². The van der Waals surface area contributed by atoms with Crippen molar-refractivity contribution in [2.75, 3.05) is 6.61 Å². The number of benzene rings is 1. The van der Waals surface area contributed by atoms with E-state index in [-0.39, 0.29) is 12.4 Å². The molecule has 1 fully saturated rings. The van der Waals surface area contributed by atoms with Crippen molar-refractivity contribution in [1.82, 2.24) is 0 Å². The van der Waals surface area contributed by atoms with Gasteiger partial charge in [-0.15, -0.1) is 0 Å². The molecule has 0 amide bonds. The maximum absolute atomic E-state index is 11.6. The van der Waals surface area contributed by atoms with E-state index in [0.717, 1.165) is 0 Å². The highest BCUT2D eigenvalue weighted by atomic mass is 35.5. The Kier molecular flexibility index (Phi) is 2.91. The maximum Gasteiger partial charge on any atom is 0.321 e. The van der Waals surface area contributed by atoms with E-state index < -0.39 is 11.9 Å². The maximum atomic E-state index is 11.6. The summed E-state index contributed by atoms with van der Waals surface area (Å²) in [6.07, 6.45) is 0. The molecule has 0 radical (unpaired) electrons. The first-order valence-electron chi connectivity index (χ1n) is 4.66. The average molecular weight is 259 g/mol. The monoisotopic (exact) mass is 258 g/mol. The van der Waals surface area contributed by atoms with Crippen LogP contribution in [0.3, 0.4) is 0 Å². The highest BCUT2D eigenvalue weighted by Gasteiger charge is 2.39. The molecular weight excluding hydrogens is 251 g/mol. The minimum atomic E-state index is -0.925. The molecule has 3 nitrogen and oxygen atoms in total. The normalized spacial score (nSPS) is 20.1. The Morgan fingerprint density at radius 2 is 1.88 bits per heavy atom. The number of halogens is 2. The van der Waals surface area contributed by atoms with Crippen LogP contribution in [0.25, 0.3) is 0 Å². The third-order valence-corrected chi connectivity index (χ3v) is 3.34. The van der Waals surface area contributed by atoms with Gasteiger partial charge in [0.25, 0.3) is 0 Å². The van der Waals surface area contributed by atoms with Crippen molar-refractivity contribution < 1.29 is 14.3 Å². The summed E-state index contributed by atoms with van der Waals surface area (Å²) in [6.45, 7) is 1.54. The van der Waals surface area contributed by atoms with Crippen LogP contribution >= 0.6 is 23.2 Å². The molecule has 1 atom stereocenters. The van der Waals surface area contributed by atoms with E-state index in [1.165, 1.54) is 0 Å². The van der Waals surface area contributed by atoms with Crippen LogP contribution in [-0.2, 0) is 14.3 Å². The minimum Gasteiger partial charge on any atom is -0.457 e. The summed E-state index contributed by atoms with van der Waals surface area (Å²) in [5.74, 6) is -1.76. The van der Waals surface area contributed by atoms with Gasteiger partial charge in [0, 0.05) is 10.0 Å². The SMILES string of the molecule is Cc1c(Cl)ccc(Cl)c1C1C(=O)COC1=O. The molecule has 0 bridgehead atoms. The summed E-state index contributed by atoms with van der Waals surface area (Å²) in [5, 5.41) is 0.839. The number of carbonyl (C=O) groups excluding carboxylic acids is 2. The van der Waals surface area contributed by atoms with Gasteiger partial charge in [0.2, 0.25) is 0 Å². The molecule has 0 spiro atoms. The molecule has 0 saturated carbocycles. The topological polar surface area (TPSA) is 43.4 Å². The number of Topliss-reactive ketones (excluding diaryl/α,β-unsaturated/α-hetero) is 1. The molecule has 16 heavy (non-hydrogen) atoms. The molecule has 1 unspecified atom stereocenters. The van der Waals surface area contributed by atoms with Gasteiger partial charge >= 0.3 is 5.97 Å². The summed E-state index contributed by atoms with van der Waals surface area (Å²) < 4.78 is 4.69. The van der Waals surface area contributed by atoms with Crippen LogP contribution in [0.2, 0.25) is 10.0 Å². The first kappa shape index (κ1) is 11.4. The van der Waals surface area contributed by atoms with Crippen LogP contribution in [0.4, 0.5) is 0 Å². The highest BCUT2D eigenvalue weighted by molar-refractivity contribution is 6.35. The predicted octanol–water partition coefficient (Wildman–Crippen LogP) is 2.51. The smallest absolute Gasteiger partial charge is 0.321 e. The Morgan fingerprint density at radius 3 is 2.44 bits per heavy atom. The molecule has 1 saturated heterocycles. The number of hydrogen-bond donors (Lipinski definition) is 0. The van der Waals surface area contributed by atoms with Crippen LogP contribution in [-0.4, -0.2) is 18.4 Å². The second-order valence-electron chi connectivity index (χ2n) is 3.57. The number of esters is 1. The minimum absolute atomic E-state index is 0.189. The fraction of sp³-hybridized carbons (Fsp3) is 0.273. The first-order chi connectivity index (χ1) is 7.52. The van der Waals surface area contributed by atoms with Gasteiger partial charge in [0.15, 0.2) is 12.4 Å². The fourth-order valence-corrected chi connectivity index (χ4v) is 2.22. The van der Waals surface area contributed by atoms with Crippen LogP contribution in [0, 0.1) is 6.92 Å². The molecule has 0 aliphatic carbocycles. The van der Waals surface area contributed by atoms with Crippen LogP contribution < -0.4 is 0 Å². The van der Waals surface area contributed by atoms with E-state index in [1.54, 1.807) is 19.1 Å². The number of ketones is 1. The van der Waals surface area contributed by atoms with Crippen molar-refractivity contribution in [2.45, 2.75) is 12.8 Å². The lowest BCUT2D eigenvalue weighted by molar-refractivity contribution is -0.139. The molecule has 2 rings (SSSR count). The molecule has 84 valence electrons. The van der Waals surface area contributed by atoms with Gasteiger partial charge in [-0.1, -0.05) is 23.2 Å². The highest BCUT2D eigenvalue weighted by Crippen LogP contribution is 2.35. The van der Waals surface area contributed by atoms with E-state index in [1.807, 2.05) is 0 Å². The van der Waals surface area contributed by atoms with Gasteiger partial charge in [-0.2, -0.15) is 0 Å². The lowest BCUT2D eigenvalue weighted by atomic mass is 9.93. The third kappa shape index (κ3) is 1.70. The second-order valence-corrected chi connectivity index (χ2v) is 4.39. The lowest BCUT2D eigenvalue weighted by Crippen LogP contribution is -2.15. The Morgan fingerprint density at radius 1 is 1.25 bits per heavy atom. The van der Waals surface area contributed by atoms with Crippen LogP contribution in [0.1, 0.15) is 17.0 Å². The summed E-state index contributed by atoms with van der Waals surface area (Å²) in [4.78, 5) is 23.0. The molecule has 1 aliphatic rings. The molecule has 5 heteroatoms. The van der Waals surface area contributed by atoms with Gasteiger partial charge in [-0.3, -0.25) is 9.59 Å². The standard InChI is InChI=1S/C11H8Cl2O3/c1-5-6(12)2-3-7(13)9(5)10-8(14)4-16-11(10)15/h2-3,10H,4H2,1H3. The zero-order valence-corrected chi connectivity index (χ0v) is 9.93. The van der Waals surface area contributed by atoms with Gasteiger partial charge in [0.05, 0.1) is 0 Å². The lowest BCUT2D eigenvalue weighted by Gasteiger charge is -2.12. The number of ether oxygens (including phenoxy) is 1.